The summed E-state index contributed by atoms with van der Waals surface area (Å²) in [6, 6.07) is 0. The number of anilines is 1. The van der Waals surface area contributed by atoms with Crippen LogP contribution in [0.4, 0.5) is 5.95 Å². The van der Waals surface area contributed by atoms with Crippen LogP contribution >= 0.6 is 11.8 Å². The van der Waals surface area contributed by atoms with Crippen LogP contribution in [-0.4, -0.2) is 40.9 Å². The predicted molar refractivity (Wildman–Crippen MR) is 55.9 cm³/mol. The number of nitrogens with two attached hydrogens (primary N) is 1. The van der Waals surface area contributed by atoms with E-state index in [0.29, 0.717) is 16.9 Å². The lowest BCUT2D eigenvalue weighted by Crippen LogP contribution is -2.06. The van der Waals surface area contributed by atoms with Crippen LogP contribution in [-0.2, 0) is 16.9 Å². The first-order valence-corrected chi connectivity index (χ1v) is 6.90. The largest absolute Gasteiger partial charge is 0.368 e. The van der Waals surface area contributed by atoms with Gasteiger partial charge in [0.1, 0.15) is 9.84 Å². The summed E-state index contributed by atoms with van der Waals surface area (Å²) in [7, 11) is -1.18. The first-order valence-electron chi connectivity index (χ1n) is 3.85. The molecule has 0 aliphatic carbocycles. The van der Waals surface area contributed by atoms with Gasteiger partial charge in [0.15, 0.2) is 5.16 Å². The summed E-state index contributed by atoms with van der Waals surface area (Å²) in [5.41, 5.74) is 5.46. The Hall–Kier alpha value is -0.760. The number of thioether (sulfide) groups is 1. The van der Waals surface area contributed by atoms with Gasteiger partial charge in [-0.15, -0.1) is 10.2 Å². The third-order valence-electron chi connectivity index (χ3n) is 1.55. The van der Waals surface area contributed by atoms with Crippen molar-refractivity contribution in [3.05, 3.63) is 0 Å². The number of aromatic nitrogens is 3. The summed E-state index contributed by atoms with van der Waals surface area (Å²) < 4.78 is 23.3. The zero-order valence-electron chi connectivity index (χ0n) is 7.97. The van der Waals surface area contributed by atoms with E-state index in [4.69, 9.17) is 5.73 Å². The lowest BCUT2D eigenvalue weighted by atomic mass is 11.0. The van der Waals surface area contributed by atoms with Crippen molar-refractivity contribution in [3.63, 3.8) is 0 Å². The minimum absolute atomic E-state index is 0.129. The second kappa shape index (κ2) is 4.18. The molecule has 8 heteroatoms. The molecule has 0 spiro atoms. The van der Waals surface area contributed by atoms with Crippen LogP contribution in [0.3, 0.4) is 0 Å². The van der Waals surface area contributed by atoms with Crippen molar-refractivity contribution in [1.29, 1.82) is 0 Å². The van der Waals surface area contributed by atoms with Crippen molar-refractivity contribution >= 4 is 27.5 Å². The Balaban J connectivity index is 2.51. The Kier molecular flexibility index (Phi) is 3.38. The van der Waals surface area contributed by atoms with E-state index in [1.165, 1.54) is 18.0 Å². The van der Waals surface area contributed by atoms with Gasteiger partial charge in [0, 0.05) is 19.1 Å². The van der Waals surface area contributed by atoms with Crippen LogP contribution in [0, 0.1) is 0 Å². The molecule has 0 unspecified atom stereocenters. The van der Waals surface area contributed by atoms with E-state index in [1.54, 1.807) is 11.6 Å². The Morgan fingerprint density at radius 2 is 2.14 bits per heavy atom. The molecular weight excluding hydrogens is 224 g/mol. The Labute approximate surface area is 86.8 Å². The summed E-state index contributed by atoms with van der Waals surface area (Å²) in [6.45, 7) is 0. The standard InChI is InChI=1S/C6H12N4O2S2/c1-10-5(7)8-9-6(10)13-3-4-14(2,11)12/h3-4H2,1-2H3,(H2,7,8). The molecule has 0 radical (unpaired) electrons. The van der Waals surface area contributed by atoms with Crippen LogP contribution in [0.5, 0.6) is 0 Å². The fourth-order valence-corrected chi connectivity index (χ4v) is 2.85. The van der Waals surface area contributed by atoms with Crippen LogP contribution in [0.1, 0.15) is 0 Å². The fraction of sp³-hybridized carbons (Fsp3) is 0.667. The molecule has 80 valence electrons. The number of hydrogen-bond acceptors (Lipinski definition) is 6. The van der Waals surface area contributed by atoms with E-state index in [-0.39, 0.29) is 5.75 Å². The highest BCUT2D eigenvalue weighted by Gasteiger charge is 2.08. The van der Waals surface area contributed by atoms with E-state index in [2.05, 4.69) is 10.2 Å². The zero-order chi connectivity index (χ0) is 10.8. The van der Waals surface area contributed by atoms with Crippen molar-refractivity contribution in [1.82, 2.24) is 14.8 Å². The Morgan fingerprint density at radius 1 is 1.50 bits per heavy atom. The first-order chi connectivity index (χ1) is 6.40. The summed E-state index contributed by atoms with van der Waals surface area (Å²) in [4.78, 5) is 0. The van der Waals surface area contributed by atoms with Gasteiger partial charge in [-0.2, -0.15) is 0 Å². The molecule has 0 saturated heterocycles. The lowest BCUT2D eigenvalue weighted by Gasteiger charge is -1.99. The maximum Gasteiger partial charge on any atom is 0.222 e. The molecule has 1 aromatic rings. The summed E-state index contributed by atoms with van der Waals surface area (Å²) in [5.74, 6) is 0.918. The molecule has 14 heavy (non-hydrogen) atoms. The van der Waals surface area contributed by atoms with Crippen molar-refractivity contribution in [3.8, 4) is 0 Å². The van der Waals surface area contributed by atoms with Crippen molar-refractivity contribution in [2.75, 3.05) is 23.5 Å². The third-order valence-corrected chi connectivity index (χ3v) is 3.78. The summed E-state index contributed by atoms with van der Waals surface area (Å²) >= 11 is 1.32. The van der Waals surface area contributed by atoms with Gasteiger partial charge in [-0.25, -0.2) is 8.42 Å². The number of nitrogens with zero attached hydrogens (tertiary/aromatic N) is 3. The molecule has 0 aromatic carbocycles. The van der Waals surface area contributed by atoms with Gasteiger partial charge in [0.05, 0.1) is 5.75 Å². The number of rotatable bonds is 4. The highest BCUT2D eigenvalue weighted by Crippen LogP contribution is 2.16. The predicted octanol–water partition coefficient (Wildman–Crippen LogP) is -0.466. The highest BCUT2D eigenvalue weighted by molar-refractivity contribution is 8.00. The molecule has 0 fully saturated rings. The topological polar surface area (TPSA) is 90.9 Å². The lowest BCUT2D eigenvalue weighted by molar-refractivity contribution is 0.603. The van der Waals surface area contributed by atoms with Gasteiger partial charge in [-0.1, -0.05) is 11.8 Å². The fourth-order valence-electron chi connectivity index (χ4n) is 0.736. The van der Waals surface area contributed by atoms with Gasteiger partial charge in [-0.05, 0) is 0 Å². The van der Waals surface area contributed by atoms with E-state index in [1.807, 2.05) is 0 Å². The van der Waals surface area contributed by atoms with E-state index in [9.17, 15) is 8.42 Å². The number of sulfone groups is 1. The Bertz CT molecular complexity index is 411. The molecule has 6 nitrogen and oxygen atoms in total. The van der Waals surface area contributed by atoms with Gasteiger partial charge < -0.3 is 5.73 Å². The maximum absolute atomic E-state index is 10.8. The first kappa shape index (κ1) is 11.3. The average molecular weight is 236 g/mol. The molecule has 0 aliphatic rings. The molecule has 1 heterocycles. The molecular formula is C6H12N4O2S2. The molecule has 0 aliphatic heterocycles. The van der Waals surface area contributed by atoms with Crippen LogP contribution in [0.2, 0.25) is 0 Å². The van der Waals surface area contributed by atoms with Gasteiger partial charge in [0.2, 0.25) is 5.95 Å². The highest BCUT2D eigenvalue weighted by atomic mass is 32.2. The molecule has 0 atom stereocenters. The Morgan fingerprint density at radius 3 is 2.57 bits per heavy atom. The maximum atomic E-state index is 10.8. The monoisotopic (exact) mass is 236 g/mol. The van der Waals surface area contributed by atoms with Crippen molar-refractivity contribution in [2.45, 2.75) is 5.16 Å². The van der Waals surface area contributed by atoms with Crippen molar-refractivity contribution < 1.29 is 8.42 Å². The second-order valence-corrected chi connectivity index (χ2v) is 6.20. The minimum atomic E-state index is -2.91. The summed E-state index contributed by atoms with van der Waals surface area (Å²) in [5, 5.41) is 8.07. The molecule has 0 amide bonds. The summed E-state index contributed by atoms with van der Waals surface area (Å²) in [6.07, 6.45) is 1.21. The molecule has 0 saturated carbocycles. The van der Waals surface area contributed by atoms with Gasteiger partial charge in [0.25, 0.3) is 0 Å². The second-order valence-electron chi connectivity index (χ2n) is 2.88. The van der Waals surface area contributed by atoms with Crippen LogP contribution < -0.4 is 5.73 Å². The quantitative estimate of drug-likeness (QED) is 0.711. The normalized spacial score (nSPS) is 11.9. The zero-order valence-corrected chi connectivity index (χ0v) is 9.60. The van der Waals surface area contributed by atoms with Crippen LogP contribution in [0.15, 0.2) is 5.16 Å². The van der Waals surface area contributed by atoms with Gasteiger partial charge in [-0.3, -0.25) is 4.57 Å². The minimum Gasteiger partial charge on any atom is -0.368 e. The van der Waals surface area contributed by atoms with E-state index < -0.39 is 9.84 Å². The smallest absolute Gasteiger partial charge is 0.222 e. The third kappa shape index (κ3) is 3.18. The molecule has 1 rings (SSSR count). The SMILES string of the molecule is Cn1c(N)nnc1SCCS(C)(=O)=O. The van der Waals surface area contributed by atoms with Crippen molar-refractivity contribution in [2.24, 2.45) is 7.05 Å². The number of nitrogen functional groups attached to an aromatic ring is 1. The van der Waals surface area contributed by atoms with E-state index in [0.717, 1.165) is 0 Å². The molecule has 0 bridgehead atoms. The van der Waals surface area contributed by atoms with E-state index >= 15 is 0 Å². The van der Waals surface area contributed by atoms with Crippen LogP contribution in [0.25, 0.3) is 0 Å². The van der Waals surface area contributed by atoms with Gasteiger partial charge >= 0.3 is 0 Å². The average Bonchev–Trinajstić information content (AvgIpc) is 2.33. The molecule has 1 aromatic heterocycles. The molecule has 2 N–H and O–H groups in total. The number of hydrogen-bond donors (Lipinski definition) is 1.